The Bertz CT molecular complexity index is 390. The van der Waals surface area contributed by atoms with Crippen molar-refractivity contribution in [2.24, 2.45) is 0 Å². The third kappa shape index (κ3) is 2.73. The molecule has 16 heavy (non-hydrogen) atoms. The summed E-state index contributed by atoms with van der Waals surface area (Å²) >= 11 is 0. The van der Waals surface area contributed by atoms with E-state index in [2.05, 4.69) is 5.32 Å². The highest BCUT2D eigenvalue weighted by molar-refractivity contribution is 5.75. The normalized spacial score (nSPS) is 12.8. The van der Waals surface area contributed by atoms with Crippen LogP contribution in [-0.2, 0) is 11.3 Å². The van der Waals surface area contributed by atoms with E-state index in [1.54, 1.807) is 6.92 Å². The molecule has 0 atom stereocenters. The van der Waals surface area contributed by atoms with Gasteiger partial charge in [0.2, 0.25) is 6.79 Å². The summed E-state index contributed by atoms with van der Waals surface area (Å²) in [4.78, 5) is 10.7. The van der Waals surface area contributed by atoms with Crippen LogP contribution in [0.4, 0.5) is 0 Å². The van der Waals surface area contributed by atoms with E-state index in [4.69, 9.17) is 9.47 Å². The zero-order chi connectivity index (χ0) is 11.4. The Kier molecular flexibility index (Phi) is 3.41. The number of ketones is 1. The van der Waals surface area contributed by atoms with Crippen LogP contribution in [0.25, 0.3) is 0 Å². The Morgan fingerprint density at radius 2 is 2.19 bits per heavy atom. The van der Waals surface area contributed by atoms with Crippen molar-refractivity contribution in [3.63, 3.8) is 0 Å². The minimum Gasteiger partial charge on any atom is -0.454 e. The maximum atomic E-state index is 10.7. The van der Waals surface area contributed by atoms with Crippen molar-refractivity contribution in [3.05, 3.63) is 23.8 Å². The summed E-state index contributed by atoms with van der Waals surface area (Å²) in [6.07, 6.45) is 0.574. The molecular weight excluding hydrogens is 206 g/mol. The van der Waals surface area contributed by atoms with E-state index in [1.165, 1.54) is 0 Å². The van der Waals surface area contributed by atoms with E-state index >= 15 is 0 Å². The van der Waals surface area contributed by atoms with Gasteiger partial charge < -0.3 is 14.8 Å². The Morgan fingerprint density at radius 3 is 3.00 bits per heavy atom. The highest BCUT2D eigenvalue weighted by atomic mass is 16.7. The van der Waals surface area contributed by atoms with Gasteiger partial charge >= 0.3 is 0 Å². The van der Waals surface area contributed by atoms with E-state index in [-0.39, 0.29) is 5.78 Å². The third-order valence-electron chi connectivity index (χ3n) is 2.42. The summed E-state index contributed by atoms with van der Waals surface area (Å²) in [5.41, 5.74) is 1.13. The Morgan fingerprint density at radius 1 is 1.38 bits per heavy atom. The molecule has 0 amide bonds. The molecule has 2 rings (SSSR count). The van der Waals surface area contributed by atoms with Crippen LogP contribution in [0.5, 0.6) is 11.5 Å². The van der Waals surface area contributed by atoms with Crippen molar-refractivity contribution >= 4 is 5.78 Å². The molecule has 1 heterocycles. The molecule has 0 aliphatic carbocycles. The molecule has 4 heteroatoms. The fourth-order valence-corrected chi connectivity index (χ4v) is 1.55. The topological polar surface area (TPSA) is 47.6 Å². The van der Waals surface area contributed by atoms with Crippen molar-refractivity contribution < 1.29 is 14.3 Å². The SMILES string of the molecule is CC(=O)CCNCc1ccc2c(c1)OCO2. The number of ether oxygens (including phenoxy) is 2. The van der Waals surface area contributed by atoms with Gasteiger partial charge in [0.25, 0.3) is 0 Å². The summed E-state index contributed by atoms with van der Waals surface area (Å²) in [5, 5.41) is 3.21. The number of Topliss-reactive ketones (excluding diaryl/α,β-unsaturated/α-hetero) is 1. The van der Waals surface area contributed by atoms with Crippen LogP contribution < -0.4 is 14.8 Å². The van der Waals surface area contributed by atoms with Crippen molar-refractivity contribution in [1.82, 2.24) is 5.32 Å². The van der Waals surface area contributed by atoms with Crippen molar-refractivity contribution in [1.29, 1.82) is 0 Å². The van der Waals surface area contributed by atoms with Gasteiger partial charge in [0.05, 0.1) is 0 Å². The molecule has 0 unspecified atom stereocenters. The first-order chi connectivity index (χ1) is 7.75. The van der Waals surface area contributed by atoms with E-state index in [9.17, 15) is 4.79 Å². The van der Waals surface area contributed by atoms with Crippen LogP contribution >= 0.6 is 0 Å². The fourth-order valence-electron chi connectivity index (χ4n) is 1.55. The quantitative estimate of drug-likeness (QED) is 0.765. The lowest BCUT2D eigenvalue weighted by molar-refractivity contribution is -0.116. The van der Waals surface area contributed by atoms with Gasteiger partial charge in [-0.3, -0.25) is 4.79 Å². The largest absolute Gasteiger partial charge is 0.454 e. The van der Waals surface area contributed by atoms with Crippen LogP contribution in [0, 0.1) is 0 Å². The highest BCUT2D eigenvalue weighted by Crippen LogP contribution is 2.32. The average molecular weight is 221 g/mol. The molecule has 0 bridgehead atoms. The molecular formula is C12H15NO3. The smallest absolute Gasteiger partial charge is 0.231 e. The molecule has 86 valence electrons. The Hall–Kier alpha value is -1.55. The molecule has 1 aromatic carbocycles. The lowest BCUT2D eigenvalue weighted by Crippen LogP contribution is -2.16. The predicted molar refractivity (Wildman–Crippen MR) is 59.6 cm³/mol. The summed E-state index contributed by atoms with van der Waals surface area (Å²) in [6, 6.07) is 5.86. The predicted octanol–water partition coefficient (Wildman–Crippen LogP) is 1.48. The molecule has 0 aromatic heterocycles. The second-order valence-electron chi connectivity index (χ2n) is 3.82. The molecule has 4 nitrogen and oxygen atoms in total. The van der Waals surface area contributed by atoms with Gasteiger partial charge in [0.15, 0.2) is 11.5 Å². The summed E-state index contributed by atoms with van der Waals surface area (Å²) in [7, 11) is 0. The summed E-state index contributed by atoms with van der Waals surface area (Å²) in [6.45, 7) is 3.35. The highest BCUT2D eigenvalue weighted by Gasteiger charge is 2.12. The minimum absolute atomic E-state index is 0.207. The summed E-state index contributed by atoms with van der Waals surface area (Å²) < 4.78 is 10.5. The number of hydrogen-bond donors (Lipinski definition) is 1. The number of benzene rings is 1. The van der Waals surface area contributed by atoms with Crippen molar-refractivity contribution in [2.45, 2.75) is 19.9 Å². The second-order valence-corrected chi connectivity index (χ2v) is 3.82. The van der Waals surface area contributed by atoms with Crippen LogP contribution in [0.2, 0.25) is 0 Å². The van der Waals surface area contributed by atoms with E-state index in [0.29, 0.717) is 19.8 Å². The molecule has 0 radical (unpaired) electrons. The van der Waals surface area contributed by atoms with Crippen molar-refractivity contribution in [2.75, 3.05) is 13.3 Å². The number of hydrogen-bond acceptors (Lipinski definition) is 4. The monoisotopic (exact) mass is 221 g/mol. The zero-order valence-corrected chi connectivity index (χ0v) is 9.29. The lowest BCUT2D eigenvalue weighted by atomic mass is 10.2. The summed E-state index contributed by atoms with van der Waals surface area (Å²) in [5.74, 6) is 1.80. The molecule has 1 aromatic rings. The number of rotatable bonds is 5. The first kappa shape index (κ1) is 11.0. The maximum Gasteiger partial charge on any atom is 0.231 e. The third-order valence-corrected chi connectivity index (χ3v) is 2.42. The number of carbonyl (C=O) groups excluding carboxylic acids is 1. The van der Waals surface area contributed by atoms with E-state index < -0.39 is 0 Å². The number of nitrogens with one attached hydrogen (secondary N) is 1. The zero-order valence-electron chi connectivity index (χ0n) is 9.29. The van der Waals surface area contributed by atoms with Crippen molar-refractivity contribution in [3.8, 4) is 11.5 Å². The van der Waals surface area contributed by atoms with Gasteiger partial charge in [0.1, 0.15) is 5.78 Å². The molecule has 0 saturated heterocycles. The molecule has 1 aliphatic heterocycles. The van der Waals surface area contributed by atoms with Crippen LogP contribution in [0.1, 0.15) is 18.9 Å². The standard InChI is InChI=1S/C12H15NO3/c1-9(14)4-5-13-7-10-2-3-11-12(6-10)16-8-15-11/h2-3,6,13H,4-5,7-8H2,1H3. The number of fused-ring (bicyclic) bond motifs is 1. The Labute approximate surface area is 94.6 Å². The molecule has 1 aliphatic rings. The van der Waals surface area contributed by atoms with Gasteiger partial charge in [-0.2, -0.15) is 0 Å². The first-order valence-electron chi connectivity index (χ1n) is 5.34. The van der Waals surface area contributed by atoms with Crippen LogP contribution in [-0.4, -0.2) is 19.1 Å². The van der Waals surface area contributed by atoms with Gasteiger partial charge in [0, 0.05) is 19.5 Å². The second kappa shape index (κ2) is 4.99. The Balaban J connectivity index is 1.83. The maximum absolute atomic E-state index is 10.7. The van der Waals surface area contributed by atoms with Gasteiger partial charge in [-0.05, 0) is 24.6 Å². The molecule has 0 fully saturated rings. The average Bonchev–Trinajstić information content (AvgIpc) is 2.71. The first-order valence-corrected chi connectivity index (χ1v) is 5.34. The molecule has 1 N–H and O–H groups in total. The fraction of sp³-hybridized carbons (Fsp3) is 0.417. The van der Waals surface area contributed by atoms with E-state index in [0.717, 1.165) is 23.6 Å². The van der Waals surface area contributed by atoms with Crippen LogP contribution in [0.15, 0.2) is 18.2 Å². The van der Waals surface area contributed by atoms with Gasteiger partial charge in [-0.1, -0.05) is 6.07 Å². The molecule has 0 spiro atoms. The molecule has 0 saturated carbocycles. The van der Waals surface area contributed by atoms with Gasteiger partial charge in [-0.15, -0.1) is 0 Å². The van der Waals surface area contributed by atoms with E-state index in [1.807, 2.05) is 18.2 Å². The van der Waals surface area contributed by atoms with Crippen LogP contribution in [0.3, 0.4) is 0 Å². The number of carbonyl (C=O) groups is 1. The lowest BCUT2D eigenvalue weighted by Gasteiger charge is -2.04. The van der Waals surface area contributed by atoms with Gasteiger partial charge in [-0.25, -0.2) is 0 Å². The minimum atomic E-state index is 0.207.